The quantitative estimate of drug-likeness (QED) is 0.824. The molecular weight excluding hydrogens is 270 g/mol. The summed E-state index contributed by atoms with van der Waals surface area (Å²) >= 11 is 0. The highest BCUT2D eigenvalue weighted by Gasteiger charge is 2.42. The van der Waals surface area contributed by atoms with Crippen molar-refractivity contribution in [3.8, 4) is 6.07 Å². The molecule has 1 aromatic heterocycles. The van der Waals surface area contributed by atoms with Crippen molar-refractivity contribution in [1.29, 1.82) is 5.26 Å². The SMILES string of the molecule is N#Cc1nnc2ccccc2c1N1CCC(N)(C(=O)O)C1. The zero-order valence-electron chi connectivity index (χ0n) is 11.2. The first kappa shape index (κ1) is 13.3. The lowest BCUT2D eigenvalue weighted by molar-refractivity contribution is -0.142. The Morgan fingerprint density at radius 3 is 2.86 bits per heavy atom. The van der Waals surface area contributed by atoms with Gasteiger partial charge in [-0.15, -0.1) is 10.2 Å². The van der Waals surface area contributed by atoms with Gasteiger partial charge in [0.05, 0.1) is 11.2 Å². The highest BCUT2D eigenvalue weighted by Crippen LogP contribution is 2.32. The number of nitriles is 1. The number of carbonyl (C=O) groups is 1. The molecule has 1 unspecified atom stereocenters. The van der Waals surface area contributed by atoms with Gasteiger partial charge in [0.2, 0.25) is 0 Å². The Morgan fingerprint density at radius 1 is 1.43 bits per heavy atom. The smallest absolute Gasteiger partial charge is 0.325 e. The number of aliphatic carboxylic acids is 1. The number of hydrogen-bond acceptors (Lipinski definition) is 6. The zero-order valence-corrected chi connectivity index (χ0v) is 11.2. The topological polar surface area (TPSA) is 116 Å². The van der Waals surface area contributed by atoms with E-state index in [1.165, 1.54) is 0 Å². The van der Waals surface area contributed by atoms with Crippen LogP contribution in [-0.4, -0.2) is 39.9 Å². The summed E-state index contributed by atoms with van der Waals surface area (Å²) in [5.41, 5.74) is 6.07. The van der Waals surface area contributed by atoms with E-state index >= 15 is 0 Å². The molecule has 3 rings (SSSR count). The van der Waals surface area contributed by atoms with E-state index in [2.05, 4.69) is 10.2 Å². The molecular formula is C14H13N5O2. The minimum atomic E-state index is -1.29. The number of aromatic nitrogens is 2. The lowest BCUT2D eigenvalue weighted by atomic mass is 10.0. The summed E-state index contributed by atoms with van der Waals surface area (Å²) in [5.74, 6) is -1.03. The Morgan fingerprint density at radius 2 is 2.19 bits per heavy atom. The monoisotopic (exact) mass is 283 g/mol. The minimum absolute atomic E-state index is 0.146. The average Bonchev–Trinajstić information content (AvgIpc) is 2.89. The molecule has 2 aromatic rings. The van der Waals surface area contributed by atoms with Gasteiger partial charge < -0.3 is 15.7 Å². The maximum absolute atomic E-state index is 11.3. The molecule has 0 bridgehead atoms. The fourth-order valence-corrected chi connectivity index (χ4v) is 2.63. The Balaban J connectivity index is 2.13. The molecule has 1 aliphatic heterocycles. The summed E-state index contributed by atoms with van der Waals surface area (Å²) in [6.07, 6.45) is 0.323. The minimum Gasteiger partial charge on any atom is -0.480 e. The van der Waals surface area contributed by atoms with E-state index in [0.29, 0.717) is 24.2 Å². The highest BCUT2D eigenvalue weighted by molar-refractivity contribution is 5.94. The van der Waals surface area contributed by atoms with Crippen molar-refractivity contribution >= 4 is 22.6 Å². The molecule has 1 fully saturated rings. The number of carboxylic acid groups (broad SMARTS) is 1. The number of fused-ring (bicyclic) bond motifs is 1. The fourth-order valence-electron chi connectivity index (χ4n) is 2.63. The second-order valence-corrected chi connectivity index (χ2v) is 5.16. The Kier molecular flexibility index (Phi) is 2.96. The van der Waals surface area contributed by atoms with Crippen molar-refractivity contribution in [3.05, 3.63) is 30.0 Å². The molecule has 0 saturated carbocycles. The second kappa shape index (κ2) is 4.68. The van der Waals surface area contributed by atoms with Crippen molar-refractivity contribution in [1.82, 2.24) is 10.2 Å². The first-order valence-corrected chi connectivity index (χ1v) is 6.48. The van der Waals surface area contributed by atoms with Crippen LogP contribution in [0.15, 0.2) is 24.3 Å². The predicted molar refractivity (Wildman–Crippen MR) is 75.6 cm³/mol. The van der Waals surface area contributed by atoms with Crippen molar-refractivity contribution in [3.63, 3.8) is 0 Å². The van der Waals surface area contributed by atoms with Gasteiger partial charge >= 0.3 is 5.97 Å². The number of carboxylic acids is 1. The largest absolute Gasteiger partial charge is 0.480 e. The van der Waals surface area contributed by atoms with Crippen LogP contribution in [0.5, 0.6) is 0 Å². The summed E-state index contributed by atoms with van der Waals surface area (Å²) in [7, 11) is 0. The van der Waals surface area contributed by atoms with Crippen molar-refractivity contribution in [2.45, 2.75) is 12.0 Å². The van der Waals surface area contributed by atoms with E-state index < -0.39 is 11.5 Å². The van der Waals surface area contributed by atoms with Gasteiger partial charge in [0.25, 0.3) is 0 Å². The number of benzene rings is 1. The number of anilines is 1. The van der Waals surface area contributed by atoms with Crippen molar-refractivity contribution in [2.75, 3.05) is 18.0 Å². The Hall–Kier alpha value is -2.72. The normalized spacial score (nSPS) is 21.4. The van der Waals surface area contributed by atoms with Crippen molar-refractivity contribution in [2.24, 2.45) is 5.73 Å². The zero-order chi connectivity index (χ0) is 15.0. The van der Waals surface area contributed by atoms with E-state index in [0.717, 1.165) is 5.39 Å². The van der Waals surface area contributed by atoms with Crippen LogP contribution in [0.1, 0.15) is 12.1 Å². The molecule has 7 heteroatoms. The summed E-state index contributed by atoms with van der Waals surface area (Å²) < 4.78 is 0. The predicted octanol–water partition coefficient (Wildman–Crippen LogP) is 0.494. The molecule has 21 heavy (non-hydrogen) atoms. The van der Waals surface area contributed by atoms with Crippen LogP contribution in [0.25, 0.3) is 10.9 Å². The van der Waals surface area contributed by atoms with E-state index in [-0.39, 0.29) is 12.2 Å². The lowest BCUT2D eigenvalue weighted by Crippen LogP contribution is -2.50. The van der Waals surface area contributed by atoms with E-state index in [4.69, 9.17) is 5.73 Å². The third-order valence-corrected chi connectivity index (χ3v) is 3.79. The summed E-state index contributed by atoms with van der Waals surface area (Å²) in [6.45, 7) is 0.611. The Labute approximate surface area is 120 Å². The fraction of sp³-hybridized carbons (Fsp3) is 0.286. The van der Waals surface area contributed by atoms with E-state index in [9.17, 15) is 15.2 Å². The molecule has 1 aliphatic rings. The first-order valence-electron chi connectivity index (χ1n) is 6.48. The lowest BCUT2D eigenvalue weighted by Gasteiger charge is -2.23. The third-order valence-electron chi connectivity index (χ3n) is 3.79. The molecule has 3 N–H and O–H groups in total. The summed E-state index contributed by atoms with van der Waals surface area (Å²) in [4.78, 5) is 13.1. The summed E-state index contributed by atoms with van der Waals surface area (Å²) in [6, 6.07) is 9.34. The number of rotatable bonds is 2. The molecule has 1 atom stereocenters. The van der Waals surface area contributed by atoms with Crippen LogP contribution >= 0.6 is 0 Å². The second-order valence-electron chi connectivity index (χ2n) is 5.16. The van der Waals surface area contributed by atoms with Crippen LogP contribution in [0.4, 0.5) is 5.69 Å². The molecule has 0 radical (unpaired) electrons. The summed E-state index contributed by atoms with van der Waals surface area (Å²) in [5, 5.41) is 27.2. The van der Waals surface area contributed by atoms with Crippen LogP contribution in [0.3, 0.4) is 0 Å². The number of hydrogen-bond donors (Lipinski definition) is 2. The molecule has 7 nitrogen and oxygen atoms in total. The number of nitrogens with two attached hydrogens (primary N) is 1. The van der Waals surface area contributed by atoms with Gasteiger partial charge in [-0.05, 0) is 12.5 Å². The van der Waals surface area contributed by atoms with Gasteiger partial charge in [-0.2, -0.15) is 5.26 Å². The van der Waals surface area contributed by atoms with E-state index in [1.54, 1.807) is 6.07 Å². The third kappa shape index (κ3) is 2.06. The van der Waals surface area contributed by atoms with Gasteiger partial charge in [0.15, 0.2) is 5.69 Å². The van der Waals surface area contributed by atoms with Gasteiger partial charge in [-0.3, -0.25) is 4.79 Å². The van der Waals surface area contributed by atoms with Gasteiger partial charge in [-0.25, -0.2) is 0 Å². The van der Waals surface area contributed by atoms with Crippen molar-refractivity contribution < 1.29 is 9.90 Å². The van der Waals surface area contributed by atoms with E-state index in [1.807, 2.05) is 29.2 Å². The maximum Gasteiger partial charge on any atom is 0.325 e. The molecule has 0 aliphatic carbocycles. The number of nitrogens with zero attached hydrogens (tertiary/aromatic N) is 4. The van der Waals surface area contributed by atoms with Crippen LogP contribution in [0, 0.1) is 11.3 Å². The van der Waals surface area contributed by atoms with Crippen LogP contribution in [-0.2, 0) is 4.79 Å². The molecule has 1 aromatic carbocycles. The Bertz CT molecular complexity index is 770. The molecule has 0 spiro atoms. The van der Waals surface area contributed by atoms with Crippen LogP contribution in [0.2, 0.25) is 0 Å². The van der Waals surface area contributed by atoms with Gasteiger partial charge in [0, 0.05) is 18.5 Å². The molecule has 106 valence electrons. The van der Waals surface area contributed by atoms with Gasteiger partial charge in [-0.1, -0.05) is 18.2 Å². The molecule has 0 amide bonds. The highest BCUT2D eigenvalue weighted by atomic mass is 16.4. The molecule has 1 saturated heterocycles. The molecule has 2 heterocycles. The van der Waals surface area contributed by atoms with Gasteiger partial charge in [0.1, 0.15) is 11.6 Å². The standard InChI is InChI=1S/C14H13N5O2/c15-7-11-12(9-3-1-2-4-10(9)17-18-11)19-6-5-14(16,8-19)13(20)21/h1-4H,5-6,8,16H2,(H,20,21). The van der Waals surface area contributed by atoms with Crippen LogP contribution < -0.4 is 10.6 Å². The maximum atomic E-state index is 11.3. The average molecular weight is 283 g/mol. The first-order chi connectivity index (χ1) is 10.0.